The van der Waals surface area contributed by atoms with E-state index in [0.29, 0.717) is 19.4 Å². The third kappa shape index (κ3) is 7.78. The summed E-state index contributed by atoms with van der Waals surface area (Å²) < 4.78 is 36.4. The summed E-state index contributed by atoms with van der Waals surface area (Å²) in [6.07, 6.45) is 1.90. The van der Waals surface area contributed by atoms with Crippen molar-refractivity contribution in [2.45, 2.75) is 26.2 Å². The van der Waals surface area contributed by atoms with Crippen molar-refractivity contribution in [2.75, 3.05) is 12.4 Å². The van der Waals surface area contributed by atoms with E-state index in [9.17, 15) is 13.0 Å². The van der Waals surface area contributed by atoms with Crippen molar-refractivity contribution in [1.82, 2.24) is 0 Å². The van der Waals surface area contributed by atoms with Crippen LogP contribution in [0.4, 0.5) is 0 Å². The van der Waals surface area contributed by atoms with Crippen LogP contribution in [0, 0.1) is 0 Å². The van der Waals surface area contributed by atoms with E-state index in [1.165, 1.54) is 5.56 Å². The average Bonchev–Trinajstić information content (AvgIpc) is 2.28. The molecule has 18 heavy (non-hydrogen) atoms. The molecule has 0 atom stereocenters. The minimum absolute atomic E-state index is 0. The molecule has 0 spiro atoms. The fourth-order valence-corrected chi connectivity index (χ4v) is 1.95. The van der Waals surface area contributed by atoms with Crippen molar-refractivity contribution in [3.8, 4) is 5.75 Å². The molecule has 0 aliphatic rings. The molecule has 0 saturated heterocycles. The number of benzene rings is 1. The Morgan fingerprint density at radius 2 is 1.78 bits per heavy atom. The fourth-order valence-electron chi connectivity index (χ4n) is 1.39. The molecule has 0 bridgehead atoms. The van der Waals surface area contributed by atoms with Gasteiger partial charge in [0, 0.05) is 5.75 Å². The second kappa shape index (κ2) is 8.60. The first-order valence-electron chi connectivity index (χ1n) is 5.66. The van der Waals surface area contributed by atoms with Gasteiger partial charge in [0.05, 0.1) is 16.7 Å². The molecule has 96 valence electrons. The molecule has 1 aromatic rings. The van der Waals surface area contributed by atoms with E-state index >= 15 is 0 Å². The Morgan fingerprint density at radius 3 is 2.28 bits per heavy atom. The maximum atomic E-state index is 10.3. The van der Waals surface area contributed by atoms with E-state index in [0.717, 1.165) is 12.2 Å². The van der Waals surface area contributed by atoms with Gasteiger partial charge in [-0.2, -0.15) is 0 Å². The summed E-state index contributed by atoms with van der Waals surface area (Å²) in [6, 6.07) is 7.78. The summed E-state index contributed by atoms with van der Waals surface area (Å²) in [7, 11) is -4.08. The normalized spacial score (nSPS) is 10.8. The van der Waals surface area contributed by atoms with E-state index in [1.54, 1.807) is 0 Å². The third-order valence-corrected chi connectivity index (χ3v) is 3.18. The van der Waals surface area contributed by atoms with Gasteiger partial charge in [0.15, 0.2) is 0 Å². The molecule has 0 saturated carbocycles. The van der Waals surface area contributed by atoms with Crippen LogP contribution in [0.15, 0.2) is 24.3 Å². The summed E-state index contributed by atoms with van der Waals surface area (Å²) in [4.78, 5) is 0. The van der Waals surface area contributed by atoms with E-state index < -0.39 is 10.1 Å². The number of hydrogen-bond acceptors (Lipinski definition) is 4. The molecule has 0 fully saturated rings. The molecule has 1 rings (SSSR count). The SMILES string of the molecule is CCc1ccc(OCCCCS(=O)(=O)[O-])cc1.[Li+]. The maximum Gasteiger partial charge on any atom is 1.00 e. The van der Waals surface area contributed by atoms with Crippen LogP contribution in [0.5, 0.6) is 5.75 Å². The van der Waals surface area contributed by atoms with Gasteiger partial charge in [-0.05, 0) is 37.0 Å². The first-order chi connectivity index (χ1) is 8.01. The summed E-state index contributed by atoms with van der Waals surface area (Å²) in [5.41, 5.74) is 1.25. The second-order valence-electron chi connectivity index (χ2n) is 3.81. The quantitative estimate of drug-likeness (QED) is 0.358. The predicted molar refractivity (Wildman–Crippen MR) is 65.1 cm³/mol. The van der Waals surface area contributed by atoms with E-state index in [4.69, 9.17) is 4.74 Å². The van der Waals surface area contributed by atoms with Crippen molar-refractivity contribution >= 4 is 10.1 Å². The molecule has 0 unspecified atom stereocenters. The van der Waals surface area contributed by atoms with E-state index in [2.05, 4.69) is 6.92 Å². The van der Waals surface area contributed by atoms with Crippen LogP contribution < -0.4 is 23.6 Å². The number of aryl methyl sites for hydroxylation is 1. The van der Waals surface area contributed by atoms with Crippen LogP contribution >= 0.6 is 0 Å². The summed E-state index contributed by atoms with van der Waals surface area (Å²) in [5.74, 6) is 0.456. The van der Waals surface area contributed by atoms with Crippen LogP contribution in [-0.4, -0.2) is 25.3 Å². The topological polar surface area (TPSA) is 66.4 Å². The van der Waals surface area contributed by atoms with Gasteiger partial charge in [0.25, 0.3) is 0 Å². The molecule has 0 aliphatic carbocycles. The number of ether oxygens (including phenoxy) is 1. The van der Waals surface area contributed by atoms with Gasteiger partial charge in [0.1, 0.15) is 5.75 Å². The average molecular weight is 264 g/mol. The molecular weight excluding hydrogens is 247 g/mol. The van der Waals surface area contributed by atoms with Crippen LogP contribution in [0.1, 0.15) is 25.3 Å². The Bertz CT molecular complexity index is 428. The van der Waals surface area contributed by atoms with Gasteiger partial charge in [-0.1, -0.05) is 19.1 Å². The molecule has 0 amide bonds. The molecule has 0 aromatic heterocycles. The first kappa shape index (κ1) is 17.5. The minimum Gasteiger partial charge on any atom is -0.748 e. The van der Waals surface area contributed by atoms with Gasteiger partial charge in [-0.15, -0.1) is 0 Å². The van der Waals surface area contributed by atoms with Gasteiger partial charge in [-0.3, -0.25) is 0 Å². The molecule has 0 N–H and O–H groups in total. The monoisotopic (exact) mass is 264 g/mol. The Labute approximate surface area is 121 Å². The largest absolute Gasteiger partial charge is 1.00 e. The Balaban J connectivity index is 0.00000289. The minimum atomic E-state index is -4.08. The van der Waals surface area contributed by atoms with Gasteiger partial charge in [0.2, 0.25) is 0 Å². The Hall–Kier alpha value is -0.473. The standard InChI is InChI=1S/C12H18O4S.Li/c1-2-11-5-7-12(8-6-11)16-9-3-4-10-17(13,14)15;/h5-8H,2-4,9-10H2,1H3,(H,13,14,15);/q;+1/p-1. The summed E-state index contributed by atoms with van der Waals surface area (Å²) >= 11 is 0. The molecular formula is C12H17LiO4S. The summed E-state index contributed by atoms with van der Waals surface area (Å²) in [5, 5.41) is 0. The predicted octanol–water partition coefficient (Wildman–Crippen LogP) is -1.04. The molecule has 0 radical (unpaired) electrons. The Kier molecular flexibility index (Phi) is 8.37. The molecule has 1 aromatic carbocycles. The third-order valence-electron chi connectivity index (χ3n) is 2.39. The van der Waals surface area contributed by atoms with Crippen LogP contribution in [0.2, 0.25) is 0 Å². The number of rotatable bonds is 7. The number of unbranched alkanes of at least 4 members (excludes halogenated alkanes) is 1. The van der Waals surface area contributed by atoms with Crippen molar-refractivity contribution in [2.24, 2.45) is 0 Å². The maximum absolute atomic E-state index is 10.3. The first-order valence-corrected chi connectivity index (χ1v) is 7.24. The molecule has 4 nitrogen and oxygen atoms in total. The smallest absolute Gasteiger partial charge is 0.748 e. The van der Waals surface area contributed by atoms with Crippen LogP contribution in [0.25, 0.3) is 0 Å². The fraction of sp³-hybridized carbons (Fsp3) is 0.500. The Morgan fingerprint density at radius 1 is 1.17 bits per heavy atom. The zero-order valence-corrected chi connectivity index (χ0v) is 11.7. The van der Waals surface area contributed by atoms with Crippen molar-refractivity contribution in [3.63, 3.8) is 0 Å². The second-order valence-corrected chi connectivity index (χ2v) is 5.34. The van der Waals surface area contributed by atoms with Gasteiger partial charge < -0.3 is 9.29 Å². The molecule has 6 heteroatoms. The van der Waals surface area contributed by atoms with Gasteiger partial charge in [-0.25, -0.2) is 8.42 Å². The molecule has 0 aliphatic heterocycles. The van der Waals surface area contributed by atoms with E-state index in [1.807, 2.05) is 24.3 Å². The van der Waals surface area contributed by atoms with E-state index in [-0.39, 0.29) is 24.6 Å². The van der Waals surface area contributed by atoms with Gasteiger partial charge >= 0.3 is 18.9 Å². The number of hydrogen-bond donors (Lipinski definition) is 0. The molecule has 0 heterocycles. The van der Waals surface area contributed by atoms with Crippen molar-refractivity contribution in [1.29, 1.82) is 0 Å². The summed E-state index contributed by atoms with van der Waals surface area (Å²) in [6.45, 7) is 2.51. The van der Waals surface area contributed by atoms with Crippen molar-refractivity contribution < 1.29 is 36.6 Å². The van der Waals surface area contributed by atoms with Crippen molar-refractivity contribution in [3.05, 3.63) is 29.8 Å². The zero-order chi connectivity index (χ0) is 12.7. The van der Waals surface area contributed by atoms with Crippen LogP contribution in [0.3, 0.4) is 0 Å². The van der Waals surface area contributed by atoms with Crippen LogP contribution in [-0.2, 0) is 16.5 Å². The zero-order valence-electron chi connectivity index (χ0n) is 10.9.